The fraction of sp³-hybridized carbons (Fsp3) is 0.474. The zero-order chi connectivity index (χ0) is 17.8. The quantitative estimate of drug-likeness (QED) is 0.802. The Labute approximate surface area is 147 Å². The highest BCUT2D eigenvalue weighted by Gasteiger charge is 2.43. The molecule has 25 heavy (non-hydrogen) atoms. The van der Waals surface area contributed by atoms with Crippen LogP contribution in [0.15, 0.2) is 24.3 Å². The van der Waals surface area contributed by atoms with E-state index in [-0.39, 0.29) is 24.5 Å². The van der Waals surface area contributed by atoms with E-state index in [2.05, 4.69) is 11.2 Å². The number of piperazine rings is 1. The van der Waals surface area contributed by atoms with Crippen LogP contribution in [0.3, 0.4) is 0 Å². The van der Waals surface area contributed by atoms with E-state index in [0.717, 1.165) is 11.3 Å². The fourth-order valence-electron chi connectivity index (χ4n) is 3.43. The molecule has 6 nitrogen and oxygen atoms in total. The third kappa shape index (κ3) is 3.77. The number of carbonyl (C=O) groups is 2. The summed E-state index contributed by atoms with van der Waals surface area (Å²) in [5, 5.41) is 2.86. The Bertz CT molecular complexity index is 680. The maximum atomic E-state index is 12.8. The zero-order valence-corrected chi connectivity index (χ0v) is 14.2. The molecule has 0 aromatic heterocycles. The third-order valence-corrected chi connectivity index (χ3v) is 4.76. The number of amides is 2. The Kier molecular flexibility index (Phi) is 5.25. The highest BCUT2D eigenvalue weighted by molar-refractivity contribution is 5.97. The Morgan fingerprint density at radius 3 is 2.76 bits per heavy atom. The first-order valence-corrected chi connectivity index (χ1v) is 8.41. The molecule has 0 aliphatic carbocycles. The van der Waals surface area contributed by atoms with Crippen LogP contribution in [-0.2, 0) is 20.7 Å². The summed E-state index contributed by atoms with van der Waals surface area (Å²) in [5.74, 6) is 3.05. The minimum atomic E-state index is -0.527. The van der Waals surface area contributed by atoms with Gasteiger partial charge in [-0.05, 0) is 24.1 Å². The van der Waals surface area contributed by atoms with E-state index in [1.54, 1.807) is 12.0 Å². The molecule has 3 atom stereocenters. The lowest BCUT2D eigenvalue weighted by molar-refractivity contribution is -0.154. The van der Waals surface area contributed by atoms with E-state index in [1.807, 2.05) is 24.3 Å². The summed E-state index contributed by atoms with van der Waals surface area (Å²) in [7, 11) is 1.61. The largest absolute Gasteiger partial charge is 0.497 e. The number of nitrogens with one attached hydrogen (secondary N) is 1. The van der Waals surface area contributed by atoms with Crippen LogP contribution in [0, 0.1) is 12.3 Å². The number of terminal acetylenes is 1. The van der Waals surface area contributed by atoms with Crippen molar-refractivity contribution >= 4 is 11.8 Å². The first kappa shape index (κ1) is 17.3. The van der Waals surface area contributed by atoms with Crippen molar-refractivity contribution in [1.29, 1.82) is 0 Å². The van der Waals surface area contributed by atoms with Crippen molar-refractivity contribution in [2.45, 2.75) is 37.5 Å². The van der Waals surface area contributed by atoms with E-state index in [4.69, 9.17) is 15.9 Å². The van der Waals surface area contributed by atoms with Crippen molar-refractivity contribution in [2.75, 3.05) is 20.3 Å². The van der Waals surface area contributed by atoms with Gasteiger partial charge in [-0.15, -0.1) is 6.42 Å². The van der Waals surface area contributed by atoms with Gasteiger partial charge >= 0.3 is 0 Å². The van der Waals surface area contributed by atoms with Crippen LogP contribution in [0.25, 0.3) is 0 Å². The highest BCUT2D eigenvalue weighted by atomic mass is 16.5. The van der Waals surface area contributed by atoms with Crippen LogP contribution in [0.1, 0.15) is 18.4 Å². The molecule has 0 spiro atoms. The normalized spacial score (nSPS) is 25.8. The van der Waals surface area contributed by atoms with Crippen LogP contribution in [0.4, 0.5) is 0 Å². The number of rotatable bonds is 5. The van der Waals surface area contributed by atoms with Gasteiger partial charge in [0.05, 0.1) is 13.2 Å². The first-order chi connectivity index (χ1) is 12.1. The van der Waals surface area contributed by atoms with E-state index < -0.39 is 12.1 Å². The Morgan fingerprint density at radius 1 is 1.32 bits per heavy atom. The molecule has 0 radical (unpaired) electrons. The molecule has 3 rings (SSSR count). The lowest BCUT2D eigenvalue weighted by Gasteiger charge is -2.43. The number of piperidine rings is 1. The van der Waals surface area contributed by atoms with Gasteiger partial charge in [-0.2, -0.15) is 0 Å². The fourth-order valence-corrected chi connectivity index (χ4v) is 3.43. The van der Waals surface area contributed by atoms with Gasteiger partial charge in [0.1, 0.15) is 24.4 Å². The van der Waals surface area contributed by atoms with E-state index in [1.165, 1.54) is 0 Å². The molecule has 1 N–H and O–H groups in total. The molecule has 1 aromatic rings. The number of benzene rings is 1. The van der Waals surface area contributed by atoms with Crippen molar-refractivity contribution in [2.24, 2.45) is 0 Å². The number of carbonyl (C=O) groups excluding carboxylic acids is 2. The van der Waals surface area contributed by atoms with Gasteiger partial charge < -0.3 is 19.7 Å². The van der Waals surface area contributed by atoms with E-state index >= 15 is 0 Å². The molecule has 0 saturated carbocycles. The molecular formula is C19H22N2O4. The smallest absolute Gasteiger partial charge is 0.246 e. The number of hydrogen-bond donors (Lipinski definition) is 1. The Balaban J connectivity index is 1.65. The summed E-state index contributed by atoms with van der Waals surface area (Å²) in [6.07, 6.45) is 6.80. The predicted molar refractivity (Wildman–Crippen MR) is 91.9 cm³/mol. The van der Waals surface area contributed by atoms with Gasteiger partial charge in [-0.25, -0.2) is 0 Å². The van der Waals surface area contributed by atoms with Crippen molar-refractivity contribution in [3.05, 3.63) is 29.8 Å². The monoisotopic (exact) mass is 342 g/mol. The molecular weight excluding hydrogens is 320 g/mol. The summed E-state index contributed by atoms with van der Waals surface area (Å²) in [6, 6.07) is 6.52. The average molecular weight is 342 g/mol. The molecule has 2 aliphatic rings. The number of hydrogen-bond acceptors (Lipinski definition) is 4. The Morgan fingerprint density at radius 2 is 2.08 bits per heavy atom. The number of fused-ring (bicyclic) bond motifs is 1. The number of nitrogens with zero attached hydrogens (tertiary/aromatic N) is 1. The molecule has 1 aromatic carbocycles. The zero-order valence-electron chi connectivity index (χ0n) is 14.2. The van der Waals surface area contributed by atoms with Crippen LogP contribution in [0.5, 0.6) is 5.75 Å². The van der Waals surface area contributed by atoms with Crippen LogP contribution in [-0.4, -0.2) is 55.2 Å². The molecule has 132 valence electrons. The lowest BCUT2D eigenvalue weighted by Crippen LogP contribution is -2.66. The molecule has 0 unspecified atom stereocenters. The van der Waals surface area contributed by atoms with Gasteiger partial charge in [-0.1, -0.05) is 18.1 Å². The second kappa shape index (κ2) is 7.58. The third-order valence-electron chi connectivity index (χ3n) is 4.76. The summed E-state index contributed by atoms with van der Waals surface area (Å²) in [4.78, 5) is 26.9. The maximum Gasteiger partial charge on any atom is 0.246 e. The van der Waals surface area contributed by atoms with E-state index in [9.17, 15) is 9.59 Å². The van der Waals surface area contributed by atoms with Crippen LogP contribution in [0.2, 0.25) is 0 Å². The Hall–Kier alpha value is -2.52. The summed E-state index contributed by atoms with van der Waals surface area (Å²) < 4.78 is 10.7. The van der Waals surface area contributed by atoms with Crippen molar-refractivity contribution in [1.82, 2.24) is 10.2 Å². The number of ether oxygens (including phenoxy) is 2. The molecule has 2 fully saturated rings. The van der Waals surface area contributed by atoms with Crippen LogP contribution >= 0.6 is 0 Å². The minimum Gasteiger partial charge on any atom is -0.497 e. The first-order valence-electron chi connectivity index (χ1n) is 8.41. The maximum absolute atomic E-state index is 12.8. The predicted octanol–water partition coefficient (Wildman–Crippen LogP) is 0.745. The summed E-state index contributed by atoms with van der Waals surface area (Å²) in [5.41, 5.74) is 0.977. The molecule has 2 aliphatic heterocycles. The summed E-state index contributed by atoms with van der Waals surface area (Å²) in [6.45, 7) is 0.748. The topological polar surface area (TPSA) is 67.9 Å². The molecule has 2 amide bonds. The SMILES string of the molecule is C#CCO[C@@H]1CCN2C(=O)[C@H](Cc3ccc(OC)cc3)NC(=O)[C@@H]2C1. The molecule has 2 saturated heterocycles. The average Bonchev–Trinajstić information content (AvgIpc) is 2.64. The lowest BCUT2D eigenvalue weighted by atomic mass is 9.93. The van der Waals surface area contributed by atoms with Crippen molar-refractivity contribution in [3.63, 3.8) is 0 Å². The highest BCUT2D eigenvalue weighted by Crippen LogP contribution is 2.25. The van der Waals surface area contributed by atoms with Gasteiger partial charge in [0, 0.05) is 19.4 Å². The standard InChI is InChI=1S/C19H22N2O4/c1-3-10-25-15-8-9-21-17(12-15)18(22)20-16(19(21)23)11-13-4-6-14(24-2)7-5-13/h1,4-7,15-17H,8-12H2,2H3,(H,20,22)/t15-,16+,17+/m1/s1. The molecule has 0 bridgehead atoms. The summed E-state index contributed by atoms with van der Waals surface area (Å²) >= 11 is 0. The van der Waals surface area contributed by atoms with Gasteiger partial charge in [0.25, 0.3) is 0 Å². The number of methoxy groups -OCH3 is 1. The second-order valence-corrected chi connectivity index (χ2v) is 6.32. The minimum absolute atomic E-state index is 0.0317. The second-order valence-electron chi connectivity index (χ2n) is 6.32. The van der Waals surface area contributed by atoms with Crippen molar-refractivity contribution in [3.8, 4) is 18.1 Å². The van der Waals surface area contributed by atoms with Crippen molar-refractivity contribution < 1.29 is 19.1 Å². The van der Waals surface area contributed by atoms with E-state index in [0.29, 0.717) is 25.8 Å². The van der Waals surface area contributed by atoms with Crippen LogP contribution < -0.4 is 10.1 Å². The van der Waals surface area contributed by atoms with Gasteiger partial charge in [0.15, 0.2) is 0 Å². The van der Waals surface area contributed by atoms with Gasteiger partial charge in [0.2, 0.25) is 11.8 Å². The van der Waals surface area contributed by atoms with Gasteiger partial charge in [-0.3, -0.25) is 9.59 Å². The molecule has 2 heterocycles. The molecule has 6 heteroatoms.